The molecule has 0 saturated carbocycles. The van der Waals surface area contributed by atoms with Gasteiger partial charge in [-0.1, -0.05) is 27.7 Å². The zero-order chi connectivity index (χ0) is 19.7. The van der Waals surface area contributed by atoms with Crippen LogP contribution in [0, 0.1) is 11.8 Å². The molecule has 0 aliphatic rings. The molecule has 0 saturated heterocycles. The SMILES string of the molecule is CCOc1ccc(C(=O)OCC(=O)N(CC(C)C)CC(C)C)cc1OC. The molecular formula is C20H31NO5. The van der Waals surface area contributed by atoms with Gasteiger partial charge in [0.1, 0.15) is 0 Å². The lowest BCUT2D eigenvalue weighted by molar-refractivity contribution is -0.135. The Kier molecular flexibility index (Phi) is 8.96. The minimum absolute atomic E-state index is 0.182. The highest BCUT2D eigenvalue weighted by Gasteiger charge is 2.19. The number of carbonyl (C=O) groups excluding carboxylic acids is 2. The van der Waals surface area contributed by atoms with E-state index in [-0.39, 0.29) is 12.5 Å². The fourth-order valence-corrected chi connectivity index (χ4v) is 2.53. The van der Waals surface area contributed by atoms with Crippen molar-refractivity contribution < 1.29 is 23.8 Å². The van der Waals surface area contributed by atoms with Gasteiger partial charge in [0.05, 0.1) is 19.3 Å². The van der Waals surface area contributed by atoms with Crippen LogP contribution in [0.15, 0.2) is 18.2 Å². The van der Waals surface area contributed by atoms with E-state index in [9.17, 15) is 9.59 Å². The number of carbonyl (C=O) groups is 2. The van der Waals surface area contributed by atoms with E-state index in [1.807, 2.05) is 6.92 Å². The first-order valence-corrected chi connectivity index (χ1v) is 9.04. The Morgan fingerprint density at radius 1 is 1.04 bits per heavy atom. The van der Waals surface area contributed by atoms with Gasteiger partial charge in [-0.05, 0) is 37.0 Å². The second-order valence-corrected chi connectivity index (χ2v) is 6.96. The molecule has 6 nitrogen and oxygen atoms in total. The molecule has 0 aliphatic carbocycles. The molecule has 0 atom stereocenters. The van der Waals surface area contributed by atoms with E-state index in [2.05, 4.69) is 27.7 Å². The Bertz CT molecular complexity index is 588. The monoisotopic (exact) mass is 365 g/mol. The van der Waals surface area contributed by atoms with Gasteiger partial charge < -0.3 is 19.1 Å². The van der Waals surface area contributed by atoms with Gasteiger partial charge in [-0.3, -0.25) is 4.79 Å². The lowest BCUT2D eigenvalue weighted by atomic mass is 10.1. The van der Waals surface area contributed by atoms with E-state index in [0.29, 0.717) is 48.6 Å². The van der Waals surface area contributed by atoms with Gasteiger partial charge in [0, 0.05) is 13.1 Å². The number of hydrogen-bond acceptors (Lipinski definition) is 5. The number of esters is 1. The standard InChI is InChI=1S/C20H31NO5/c1-7-25-17-9-8-16(10-18(17)24-6)20(23)26-13-19(22)21(11-14(2)3)12-15(4)5/h8-10,14-15H,7,11-13H2,1-6H3. The van der Waals surface area contributed by atoms with Crippen molar-refractivity contribution in [2.24, 2.45) is 11.8 Å². The van der Waals surface area contributed by atoms with Crippen LogP contribution in [0.1, 0.15) is 45.0 Å². The van der Waals surface area contributed by atoms with Gasteiger partial charge in [0.15, 0.2) is 18.1 Å². The quantitative estimate of drug-likeness (QED) is 0.595. The molecule has 1 aromatic carbocycles. The maximum absolute atomic E-state index is 12.4. The summed E-state index contributed by atoms with van der Waals surface area (Å²) in [6, 6.07) is 4.81. The van der Waals surface area contributed by atoms with E-state index in [4.69, 9.17) is 14.2 Å². The highest BCUT2D eigenvalue weighted by Crippen LogP contribution is 2.28. The Labute approximate surface area is 156 Å². The predicted molar refractivity (Wildman–Crippen MR) is 101 cm³/mol. The molecule has 0 spiro atoms. The van der Waals surface area contributed by atoms with E-state index >= 15 is 0 Å². The highest BCUT2D eigenvalue weighted by atomic mass is 16.5. The molecule has 0 unspecified atom stereocenters. The summed E-state index contributed by atoms with van der Waals surface area (Å²) < 4.78 is 15.9. The van der Waals surface area contributed by atoms with Gasteiger partial charge in [0.2, 0.25) is 0 Å². The van der Waals surface area contributed by atoms with Crippen LogP contribution in [-0.4, -0.2) is 50.2 Å². The average Bonchev–Trinajstić information content (AvgIpc) is 2.58. The molecule has 0 heterocycles. The fourth-order valence-electron chi connectivity index (χ4n) is 2.53. The number of rotatable bonds is 10. The van der Waals surface area contributed by atoms with Crippen molar-refractivity contribution in [3.63, 3.8) is 0 Å². The number of methoxy groups -OCH3 is 1. The summed E-state index contributed by atoms with van der Waals surface area (Å²) in [7, 11) is 1.51. The third-order valence-corrected chi connectivity index (χ3v) is 3.55. The van der Waals surface area contributed by atoms with Gasteiger partial charge in [0.25, 0.3) is 5.91 Å². The van der Waals surface area contributed by atoms with Crippen LogP contribution in [0.5, 0.6) is 11.5 Å². The van der Waals surface area contributed by atoms with Crippen LogP contribution in [0.3, 0.4) is 0 Å². The molecule has 0 aliphatic heterocycles. The summed E-state index contributed by atoms with van der Waals surface area (Å²) in [5, 5.41) is 0. The summed E-state index contributed by atoms with van der Waals surface area (Å²) in [4.78, 5) is 26.4. The van der Waals surface area contributed by atoms with Crippen LogP contribution in [0.4, 0.5) is 0 Å². The molecule has 1 amide bonds. The summed E-state index contributed by atoms with van der Waals surface area (Å²) >= 11 is 0. The molecule has 0 radical (unpaired) electrons. The van der Waals surface area contributed by atoms with E-state index in [1.165, 1.54) is 7.11 Å². The van der Waals surface area contributed by atoms with E-state index in [1.54, 1.807) is 23.1 Å². The Morgan fingerprint density at radius 3 is 2.15 bits per heavy atom. The summed E-state index contributed by atoms with van der Waals surface area (Å²) in [5.74, 6) is 0.969. The van der Waals surface area contributed by atoms with Gasteiger partial charge >= 0.3 is 5.97 Å². The zero-order valence-electron chi connectivity index (χ0n) is 16.7. The van der Waals surface area contributed by atoms with E-state index < -0.39 is 5.97 Å². The van der Waals surface area contributed by atoms with Crippen molar-refractivity contribution >= 4 is 11.9 Å². The predicted octanol–water partition coefficient (Wildman–Crippen LogP) is 3.39. The molecule has 6 heteroatoms. The largest absolute Gasteiger partial charge is 0.493 e. The fraction of sp³-hybridized carbons (Fsp3) is 0.600. The molecule has 0 aromatic heterocycles. The minimum Gasteiger partial charge on any atom is -0.493 e. The molecule has 1 aromatic rings. The topological polar surface area (TPSA) is 65.1 Å². The van der Waals surface area contributed by atoms with Gasteiger partial charge in [-0.2, -0.15) is 0 Å². The molecule has 146 valence electrons. The van der Waals surface area contributed by atoms with Crippen molar-refractivity contribution in [2.45, 2.75) is 34.6 Å². The molecule has 0 N–H and O–H groups in total. The third kappa shape index (κ3) is 6.94. The first-order valence-electron chi connectivity index (χ1n) is 9.04. The molecule has 26 heavy (non-hydrogen) atoms. The zero-order valence-corrected chi connectivity index (χ0v) is 16.7. The highest BCUT2D eigenvalue weighted by molar-refractivity contribution is 5.92. The van der Waals surface area contributed by atoms with Gasteiger partial charge in [-0.15, -0.1) is 0 Å². The lowest BCUT2D eigenvalue weighted by Crippen LogP contribution is -2.39. The van der Waals surface area contributed by atoms with Crippen molar-refractivity contribution in [1.29, 1.82) is 0 Å². The molecule has 0 bridgehead atoms. The average molecular weight is 365 g/mol. The van der Waals surface area contributed by atoms with Crippen LogP contribution >= 0.6 is 0 Å². The van der Waals surface area contributed by atoms with Crippen molar-refractivity contribution in [3.05, 3.63) is 23.8 Å². The van der Waals surface area contributed by atoms with Gasteiger partial charge in [-0.25, -0.2) is 4.79 Å². The normalized spacial score (nSPS) is 10.8. The third-order valence-electron chi connectivity index (χ3n) is 3.55. The molecular weight excluding hydrogens is 334 g/mol. The number of benzene rings is 1. The van der Waals surface area contributed by atoms with Crippen LogP contribution in [-0.2, 0) is 9.53 Å². The summed E-state index contributed by atoms with van der Waals surface area (Å²) in [6.45, 7) is 11.6. The smallest absolute Gasteiger partial charge is 0.338 e. The first-order chi connectivity index (χ1) is 12.3. The van der Waals surface area contributed by atoms with Crippen molar-refractivity contribution in [2.75, 3.05) is 33.4 Å². The summed E-state index contributed by atoms with van der Waals surface area (Å²) in [6.07, 6.45) is 0. The van der Waals surface area contributed by atoms with E-state index in [0.717, 1.165) is 0 Å². The second-order valence-electron chi connectivity index (χ2n) is 6.96. The van der Waals surface area contributed by atoms with Crippen LogP contribution in [0.25, 0.3) is 0 Å². The number of ether oxygens (including phenoxy) is 3. The lowest BCUT2D eigenvalue weighted by Gasteiger charge is -2.26. The first kappa shape index (κ1) is 21.8. The van der Waals surface area contributed by atoms with Crippen molar-refractivity contribution in [1.82, 2.24) is 4.90 Å². The summed E-state index contributed by atoms with van der Waals surface area (Å²) in [5.41, 5.74) is 0.317. The maximum atomic E-state index is 12.4. The Morgan fingerprint density at radius 2 is 1.65 bits per heavy atom. The van der Waals surface area contributed by atoms with Crippen LogP contribution < -0.4 is 9.47 Å². The number of hydrogen-bond donors (Lipinski definition) is 0. The molecule has 0 fully saturated rings. The Balaban J connectivity index is 2.73. The van der Waals surface area contributed by atoms with Crippen LogP contribution in [0.2, 0.25) is 0 Å². The molecule has 1 rings (SSSR count). The van der Waals surface area contributed by atoms with Crippen molar-refractivity contribution in [3.8, 4) is 11.5 Å². The maximum Gasteiger partial charge on any atom is 0.338 e. The second kappa shape index (κ2) is 10.7. The minimum atomic E-state index is -0.561. The number of amides is 1. The Hall–Kier alpha value is -2.24. The number of nitrogens with zero attached hydrogens (tertiary/aromatic N) is 1.